The Hall–Kier alpha value is -0.940. The van der Waals surface area contributed by atoms with Crippen LogP contribution in [0.1, 0.15) is 43.8 Å². The molecular weight excluding hydrogens is 469 g/mol. The molecule has 160 valence electrons. The van der Waals surface area contributed by atoms with E-state index in [0.717, 1.165) is 36.6 Å². The van der Waals surface area contributed by atoms with Gasteiger partial charge in [-0.1, -0.05) is 12.8 Å². The maximum absolute atomic E-state index is 5.16. The van der Waals surface area contributed by atoms with Crippen LogP contribution in [-0.4, -0.2) is 71.6 Å². The van der Waals surface area contributed by atoms with E-state index in [1.54, 1.807) is 7.11 Å². The van der Waals surface area contributed by atoms with Crippen LogP contribution in [0.3, 0.4) is 0 Å². The summed E-state index contributed by atoms with van der Waals surface area (Å²) in [7, 11) is 3.69. The molecule has 28 heavy (non-hydrogen) atoms. The third kappa shape index (κ3) is 6.84. The molecule has 2 fully saturated rings. The van der Waals surface area contributed by atoms with E-state index >= 15 is 0 Å². The van der Waals surface area contributed by atoms with Gasteiger partial charge in [-0.3, -0.25) is 0 Å². The van der Waals surface area contributed by atoms with Gasteiger partial charge in [0.2, 0.25) is 0 Å². The Morgan fingerprint density at radius 1 is 1.25 bits per heavy atom. The lowest BCUT2D eigenvalue weighted by atomic mass is 10.1. The smallest absolute Gasteiger partial charge is 0.192 e. The van der Waals surface area contributed by atoms with Crippen LogP contribution in [0.4, 0.5) is 0 Å². The number of likely N-dealkylation sites (tertiary alicyclic amines) is 1. The minimum Gasteiger partial charge on any atom is -0.383 e. The van der Waals surface area contributed by atoms with E-state index in [0.29, 0.717) is 19.2 Å². The van der Waals surface area contributed by atoms with Gasteiger partial charge in [-0.2, -0.15) is 0 Å². The number of guanidine groups is 1. The van der Waals surface area contributed by atoms with Crippen LogP contribution in [-0.2, 0) is 18.3 Å². The van der Waals surface area contributed by atoms with Gasteiger partial charge in [-0.15, -0.1) is 34.2 Å². The summed E-state index contributed by atoms with van der Waals surface area (Å²) < 4.78 is 7.14. The van der Waals surface area contributed by atoms with Crippen molar-refractivity contribution in [2.24, 2.45) is 18.0 Å². The number of nitrogens with zero attached hydrogens (tertiary/aromatic N) is 5. The van der Waals surface area contributed by atoms with Gasteiger partial charge in [-0.25, -0.2) is 4.99 Å². The molecule has 1 aromatic heterocycles. The average molecular weight is 505 g/mol. The van der Waals surface area contributed by atoms with Crippen molar-refractivity contribution in [2.45, 2.75) is 51.6 Å². The second kappa shape index (κ2) is 11.9. The lowest BCUT2D eigenvalue weighted by Gasteiger charge is -2.21. The Bertz CT molecular complexity index is 615. The molecule has 1 aromatic rings. The number of halogens is 1. The molecule has 0 aromatic carbocycles. The zero-order valence-electron chi connectivity index (χ0n) is 17.5. The van der Waals surface area contributed by atoms with Gasteiger partial charge in [0.25, 0.3) is 0 Å². The topological polar surface area (TPSA) is 79.6 Å². The largest absolute Gasteiger partial charge is 0.383 e. The second-order valence-electron chi connectivity index (χ2n) is 7.85. The lowest BCUT2D eigenvalue weighted by molar-refractivity contribution is 0.203. The van der Waals surface area contributed by atoms with E-state index in [9.17, 15) is 0 Å². The molecule has 0 bridgehead atoms. The summed E-state index contributed by atoms with van der Waals surface area (Å²) in [5, 5.41) is 15.3. The first kappa shape index (κ1) is 23.3. The maximum atomic E-state index is 5.16. The van der Waals surface area contributed by atoms with Crippen LogP contribution in [0, 0.1) is 12.8 Å². The Balaban J connectivity index is 0.00000280. The molecule has 8 nitrogen and oxygen atoms in total. The standard InChI is InChI=1S/C19H35N7O.HI/c1-15-23-24-18(25(15)2)12-21-19(20-9-11-27-3)22-17-8-10-26(14-17)13-16-6-4-5-7-16;/h16-17H,4-14H2,1-3H3,(H2,20,21,22);1H. The summed E-state index contributed by atoms with van der Waals surface area (Å²) in [4.78, 5) is 7.35. The molecule has 0 amide bonds. The molecule has 1 saturated carbocycles. The van der Waals surface area contributed by atoms with Gasteiger partial charge in [-0.05, 0) is 32.1 Å². The molecule has 2 aliphatic rings. The molecule has 1 aliphatic carbocycles. The van der Waals surface area contributed by atoms with Crippen molar-refractivity contribution in [1.82, 2.24) is 30.3 Å². The number of methoxy groups -OCH3 is 1. The minimum absolute atomic E-state index is 0. The fourth-order valence-electron chi connectivity index (χ4n) is 4.03. The lowest BCUT2D eigenvalue weighted by Crippen LogP contribution is -2.45. The van der Waals surface area contributed by atoms with E-state index in [1.807, 2.05) is 18.5 Å². The summed E-state index contributed by atoms with van der Waals surface area (Å²) in [6, 6.07) is 0.446. The van der Waals surface area contributed by atoms with E-state index in [2.05, 4.69) is 25.7 Å². The Morgan fingerprint density at radius 2 is 2.04 bits per heavy atom. The summed E-state index contributed by atoms with van der Waals surface area (Å²) in [6.45, 7) is 7.40. The Morgan fingerprint density at radius 3 is 2.71 bits per heavy atom. The third-order valence-electron chi connectivity index (χ3n) is 5.76. The first-order chi connectivity index (χ1) is 13.2. The predicted octanol–water partition coefficient (Wildman–Crippen LogP) is 1.69. The number of aromatic nitrogens is 3. The highest BCUT2D eigenvalue weighted by Gasteiger charge is 2.26. The fourth-order valence-corrected chi connectivity index (χ4v) is 4.03. The fraction of sp³-hybridized carbons (Fsp3) is 0.842. The predicted molar refractivity (Wildman–Crippen MR) is 122 cm³/mol. The highest BCUT2D eigenvalue weighted by Crippen LogP contribution is 2.26. The number of aryl methyl sites for hydroxylation is 1. The number of ether oxygens (including phenoxy) is 1. The highest BCUT2D eigenvalue weighted by molar-refractivity contribution is 14.0. The molecule has 1 aliphatic heterocycles. The van der Waals surface area contributed by atoms with E-state index < -0.39 is 0 Å². The summed E-state index contributed by atoms with van der Waals surface area (Å²) in [5.41, 5.74) is 0. The van der Waals surface area contributed by atoms with Crippen molar-refractivity contribution in [1.29, 1.82) is 0 Å². The molecular formula is C19H36IN7O. The summed E-state index contributed by atoms with van der Waals surface area (Å²) in [5.74, 6) is 3.52. The Kier molecular flexibility index (Phi) is 9.93. The van der Waals surface area contributed by atoms with Gasteiger partial charge in [0.15, 0.2) is 11.8 Å². The van der Waals surface area contributed by atoms with Crippen molar-refractivity contribution in [2.75, 3.05) is 39.9 Å². The van der Waals surface area contributed by atoms with Gasteiger partial charge < -0.3 is 24.8 Å². The number of nitrogens with one attached hydrogen (secondary N) is 2. The van der Waals surface area contributed by atoms with Crippen LogP contribution >= 0.6 is 24.0 Å². The van der Waals surface area contributed by atoms with E-state index in [-0.39, 0.29) is 24.0 Å². The summed E-state index contributed by atoms with van der Waals surface area (Å²) >= 11 is 0. The quantitative estimate of drug-likeness (QED) is 0.242. The van der Waals surface area contributed by atoms with Gasteiger partial charge in [0, 0.05) is 46.4 Å². The first-order valence-electron chi connectivity index (χ1n) is 10.3. The third-order valence-corrected chi connectivity index (χ3v) is 5.76. The molecule has 1 saturated heterocycles. The molecule has 1 atom stereocenters. The highest BCUT2D eigenvalue weighted by atomic mass is 127. The van der Waals surface area contributed by atoms with Crippen molar-refractivity contribution in [3.05, 3.63) is 11.6 Å². The molecule has 9 heteroatoms. The molecule has 2 N–H and O–H groups in total. The monoisotopic (exact) mass is 505 g/mol. The van der Waals surface area contributed by atoms with Crippen LogP contribution in [0.25, 0.3) is 0 Å². The zero-order chi connectivity index (χ0) is 19.1. The average Bonchev–Trinajstić information content (AvgIpc) is 3.39. The van der Waals surface area contributed by atoms with E-state index in [1.165, 1.54) is 45.2 Å². The molecule has 3 rings (SSSR count). The van der Waals surface area contributed by atoms with Gasteiger partial charge in [0.1, 0.15) is 12.4 Å². The maximum Gasteiger partial charge on any atom is 0.192 e. The van der Waals surface area contributed by atoms with Crippen molar-refractivity contribution >= 4 is 29.9 Å². The van der Waals surface area contributed by atoms with Gasteiger partial charge in [0.05, 0.1) is 6.61 Å². The van der Waals surface area contributed by atoms with Crippen molar-refractivity contribution < 1.29 is 4.74 Å². The zero-order valence-corrected chi connectivity index (χ0v) is 19.8. The molecule has 0 radical (unpaired) electrons. The number of hydrogen-bond donors (Lipinski definition) is 2. The van der Waals surface area contributed by atoms with Crippen molar-refractivity contribution in [3.63, 3.8) is 0 Å². The minimum atomic E-state index is 0. The number of rotatable bonds is 8. The van der Waals surface area contributed by atoms with Crippen LogP contribution < -0.4 is 10.6 Å². The van der Waals surface area contributed by atoms with Gasteiger partial charge >= 0.3 is 0 Å². The molecule has 2 heterocycles. The molecule has 0 spiro atoms. The Labute approximate surface area is 185 Å². The van der Waals surface area contributed by atoms with Crippen LogP contribution in [0.15, 0.2) is 4.99 Å². The summed E-state index contributed by atoms with van der Waals surface area (Å²) in [6.07, 6.45) is 6.83. The van der Waals surface area contributed by atoms with E-state index in [4.69, 9.17) is 9.73 Å². The normalized spacial score (nSPS) is 21.1. The van der Waals surface area contributed by atoms with Crippen LogP contribution in [0.5, 0.6) is 0 Å². The second-order valence-corrected chi connectivity index (χ2v) is 7.85. The molecule has 1 unspecified atom stereocenters. The van der Waals surface area contributed by atoms with Crippen molar-refractivity contribution in [3.8, 4) is 0 Å². The number of hydrogen-bond acceptors (Lipinski definition) is 5. The SMILES string of the molecule is COCCNC(=NCc1nnc(C)n1C)NC1CCN(CC2CCCC2)C1.I. The van der Waals surface area contributed by atoms with Crippen LogP contribution in [0.2, 0.25) is 0 Å². The number of aliphatic imine (C=N–C) groups is 1. The first-order valence-corrected chi connectivity index (χ1v) is 10.3.